The van der Waals surface area contributed by atoms with Crippen molar-refractivity contribution in [1.29, 1.82) is 0 Å². The Kier molecular flexibility index (Phi) is 7.85. The second-order valence-electron chi connectivity index (χ2n) is 5.78. The van der Waals surface area contributed by atoms with E-state index in [9.17, 15) is 9.59 Å². The molecule has 0 fully saturated rings. The normalized spacial score (nSPS) is 10.5. The quantitative estimate of drug-likeness (QED) is 0.366. The molecular weight excluding hydrogens is 446 g/mol. The van der Waals surface area contributed by atoms with Crippen molar-refractivity contribution < 1.29 is 9.59 Å². The molecule has 2 rings (SSSR count). The van der Waals surface area contributed by atoms with E-state index in [0.717, 1.165) is 25.7 Å². The van der Waals surface area contributed by atoms with Gasteiger partial charge in [0.1, 0.15) is 0 Å². The fourth-order valence-corrected chi connectivity index (χ4v) is 3.46. The third-order valence-electron chi connectivity index (χ3n) is 3.93. The number of unbranched alkanes of at least 4 members (excludes halogenated alkanes) is 3. The lowest BCUT2D eigenvalue weighted by molar-refractivity contribution is 0.0612. The molecule has 0 radical (unpaired) electrons. The highest BCUT2D eigenvalue weighted by Gasteiger charge is 2.26. The average Bonchev–Trinajstić information content (AvgIpc) is 2.61. The van der Waals surface area contributed by atoms with Gasteiger partial charge in [0.15, 0.2) is 0 Å². The molecular formula is C20H21Br2NO2. The van der Waals surface area contributed by atoms with Gasteiger partial charge in [-0.15, -0.1) is 0 Å². The third kappa shape index (κ3) is 5.25. The van der Waals surface area contributed by atoms with Crippen LogP contribution < -0.4 is 0 Å². The highest BCUT2D eigenvalue weighted by atomic mass is 79.9. The minimum absolute atomic E-state index is 0.273. The van der Waals surface area contributed by atoms with Gasteiger partial charge in [-0.25, -0.2) is 0 Å². The number of hydrogen-bond acceptors (Lipinski definition) is 2. The van der Waals surface area contributed by atoms with Crippen LogP contribution in [0.25, 0.3) is 0 Å². The first-order valence-corrected chi connectivity index (χ1v) is 10.00. The third-order valence-corrected chi connectivity index (χ3v) is 5.32. The molecule has 0 unspecified atom stereocenters. The van der Waals surface area contributed by atoms with E-state index in [1.54, 1.807) is 24.3 Å². The van der Waals surface area contributed by atoms with Crippen LogP contribution in [0, 0.1) is 0 Å². The maximum atomic E-state index is 13.0. The largest absolute Gasteiger partial charge is 0.274 e. The van der Waals surface area contributed by atoms with Crippen molar-refractivity contribution in [3.63, 3.8) is 0 Å². The number of amides is 2. The Hall–Kier alpha value is -1.46. The predicted molar refractivity (Wildman–Crippen MR) is 108 cm³/mol. The summed E-state index contributed by atoms with van der Waals surface area (Å²) in [4.78, 5) is 27.4. The second kappa shape index (κ2) is 9.88. The van der Waals surface area contributed by atoms with Gasteiger partial charge in [0, 0.05) is 15.5 Å². The molecule has 2 aromatic rings. The number of carbonyl (C=O) groups excluding carboxylic acids is 2. The van der Waals surface area contributed by atoms with Crippen molar-refractivity contribution >= 4 is 43.7 Å². The number of rotatable bonds is 7. The highest BCUT2D eigenvalue weighted by Crippen LogP contribution is 2.22. The summed E-state index contributed by atoms with van der Waals surface area (Å²) in [6.45, 7) is 2.55. The molecule has 0 heterocycles. The van der Waals surface area contributed by atoms with E-state index in [4.69, 9.17) is 0 Å². The van der Waals surface area contributed by atoms with Crippen LogP contribution in [0.4, 0.5) is 0 Å². The molecule has 3 nitrogen and oxygen atoms in total. The van der Waals surface area contributed by atoms with Crippen LogP contribution in [0.15, 0.2) is 57.5 Å². The highest BCUT2D eigenvalue weighted by molar-refractivity contribution is 9.10. The number of benzene rings is 2. The van der Waals surface area contributed by atoms with Crippen LogP contribution >= 0.6 is 31.9 Å². The van der Waals surface area contributed by atoms with Crippen LogP contribution in [0.5, 0.6) is 0 Å². The van der Waals surface area contributed by atoms with Gasteiger partial charge in [-0.2, -0.15) is 0 Å². The molecule has 0 aliphatic carbocycles. The maximum absolute atomic E-state index is 13.0. The molecule has 0 bridgehead atoms. The minimum atomic E-state index is -0.273. The summed E-state index contributed by atoms with van der Waals surface area (Å²) in [5.74, 6) is -0.547. The first-order valence-electron chi connectivity index (χ1n) is 8.41. The summed E-state index contributed by atoms with van der Waals surface area (Å²) in [7, 11) is 0. The fraction of sp³-hybridized carbons (Fsp3) is 0.300. The van der Waals surface area contributed by atoms with Crippen molar-refractivity contribution in [2.24, 2.45) is 0 Å². The SMILES string of the molecule is CCCCCCN(C(=O)c1ccccc1Br)C(=O)c1ccccc1Br. The molecule has 0 aliphatic rings. The van der Waals surface area contributed by atoms with Gasteiger partial charge in [-0.3, -0.25) is 14.5 Å². The van der Waals surface area contributed by atoms with Crippen LogP contribution in [0.3, 0.4) is 0 Å². The van der Waals surface area contributed by atoms with Gasteiger partial charge in [0.25, 0.3) is 11.8 Å². The zero-order chi connectivity index (χ0) is 18.2. The van der Waals surface area contributed by atoms with Crippen molar-refractivity contribution in [3.8, 4) is 0 Å². The lowest BCUT2D eigenvalue weighted by atomic mass is 10.1. The van der Waals surface area contributed by atoms with Crippen molar-refractivity contribution in [1.82, 2.24) is 4.90 Å². The Balaban J connectivity index is 2.29. The van der Waals surface area contributed by atoms with Gasteiger partial charge in [0.05, 0.1) is 11.1 Å². The molecule has 0 aliphatic heterocycles. The Labute approximate surface area is 165 Å². The van der Waals surface area contributed by atoms with Crippen LogP contribution in [0.1, 0.15) is 53.3 Å². The predicted octanol–water partition coefficient (Wildman–Crippen LogP) is 6.07. The Morgan fingerprint density at radius 1 is 0.800 bits per heavy atom. The van der Waals surface area contributed by atoms with Crippen LogP contribution in [0.2, 0.25) is 0 Å². The standard InChI is InChI=1S/C20H21Br2NO2/c1-2-3-4-9-14-23(19(24)15-10-5-7-12-17(15)21)20(25)16-11-6-8-13-18(16)22/h5-8,10-13H,2-4,9,14H2,1H3. The number of hydrogen-bond donors (Lipinski definition) is 0. The molecule has 2 amide bonds. The van der Waals surface area contributed by atoms with Gasteiger partial charge < -0.3 is 0 Å². The van der Waals surface area contributed by atoms with Crippen molar-refractivity contribution in [2.75, 3.05) is 6.54 Å². The number of nitrogens with zero attached hydrogens (tertiary/aromatic N) is 1. The Bertz CT molecular complexity index is 688. The van der Waals surface area contributed by atoms with Gasteiger partial charge in [0.2, 0.25) is 0 Å². The van der Waals surface area contributed by atoms with Crippen molar-refractivity contribution in [3.05, 3.63) is 68.6 Å². The summed E-state index contributed by atoms with van der Waals surface area (Å²) in [6, 6.07) is 14.4. The summed E-state index contributed by atoms with van der Waals surface area (Å²) >= 11 is 6.82. The molecule has 2 aromatic carbocycles. The van der Waals surface area contributed by atoms with Gasteiger partial charge in [-0.1, -0.05) is 50.5 Å². The lowest BCUT2D eigenvalue weighted by Gasteiger charge is -2.22. The topological polar surface area (TPSA) is 37.4 Å². The fourth-order valence-electron chi connectivity index (χ4n) is 2.55. The molecule has 25 heavy (non-hydrogen) atoms. The maximum Gasteiger partial charge on any atom is 0.261 e. The van der Waals surface area contributed by atoms with E-state index in [1.807, 2.05) is 24.3 Å². The first-order chi connectivity index (χ1) is 12.1. The smallest absolute Gasteiger partial charge is 0.261 e. The van der Waals surface area contributed by atoms with E-state index in [-0.39, 0.29) is 11.8 Å². The molecule has 132 valence electrons. The minimum Gasteiger partial charge on any atom is -0.274 e. The zero-order valence-electron chi connectivity index (χ0n) is 14.2. The monoisotopic (exact) mass is 465 g/mol. The van der Waals surface area contributed by atoms with E-state index in [2.05, 4.69) is 38.8 Å². The molecule has 0 N–H and O–H groups in total. The number of carbonyl (C=O) groups is 2. The van der Waals surface area contributed by atoms with Crippen molar-refractivity contribution in [2.45, 2.75) is 32.6 Å². The first kappa shape index (κ1) is 19.9. The van der Waals surface area contributed by atoms with Gasteiger partial charge >= 0.3 is 0 Å². The summed E-state index contributed by atoms with van der Waals surface area (Å²) in [5.41, 5.74) is 0.997. The van der Waals surface area contributed by atoms with Crippen LogP contribution in [-0.4, -0.2) is 23.3 Å². The lowest BCUT2D eigenvalue weighted by Crippen LogP contribution is -2.38. The Morgan fingerprint density at radius 2 is 1.28 bits per heavy atom. The molecule has 0 atom stereocenters. The number of halogens is 2. The van der Waals surface area contributed by atoms with E-state index >= 15 is 0 Å². The Morgan fingerprint density at radius 3 is 1.72 bits per heavy atom. The van der Waals surface area contributed by atoms with E-state index in [0.29, 0.717) is 26.6 Å². The molecule has 0 saturated carbocycles. The molecule has 0 saturated heterocycles. The molecule has 0 spiro atoms. The summed E-state index contributed by atoms with van der Waals surface area (Å²) < 4.78 is 1.39. The summed E-state index contributed by atoms with van der Waals surface area (Å²) in [6.07, 6.45) is 4.01. The molecule has 5 heteroatoms. The second-order valence-corrected chi connectivity index (χ2v) is 7.49. The van der Waals surface area contributed by atoms with E-state index < -0.39 is 0 Å². The average molecular weight is 467 g/mol. The van der Waals surface area contributed by atoms with E-state index in [1.165, 1.54) is 4.90 Å². The number of imide groups is 1. The molecule has 0 aromatic heterocycles. The van der Waals surface area contributed by atoms with Crippen LogP contribution in [-0.2, 0) is 0 Å². The van der Waals surface area contributed by atoms with Gasteiger partial charge in [-0.05, 0) is 62.5 Å². The summed E-state index contributed by atoms with van der Waals surface area (Å²) in [5, 5.41) is 0. The zero-order valence-corrected chi connectivity index (χ0v) is 17.3.